The fourth-order valence-corrected chi connectivity index (χ4v) is 1.52. The average molecular weight is 239 g/mol. The van der Waals surface area contributed by atoms with E-state index in [9.17, 15) is 10.2 Å². The minimum absolute atomic E-state index is 0.113. The molecule has 0 saturated carbocycles. The summed E-state index contributed by atoms with van der Waals surface area (Å²) >= 11 is 3.96. The van der Waals surface area contributed by atoms with Gasteiger partial charge in [0, 0.05) is 11.8 Å². The van der Waals surface area contributed by atoms with Crippen molar-refractivity contribution in [3.63, 3.8) is 0 Å². The Hall–Kier alpha value is -1.29. The number of nitrogens with two attached hydrogens (primary N) is 1. The number of nitriles is 1. The first-order valence-corrected chi connectivity index (χ1v) is 5.36. The molecular weight excluding hydrogens is 226 g/mol. The SMILES string of the molecule is N#Cc1cc(C(O)C(O)CCS)cnc1N. The molecule has 0 spiro atoms. The third-order valence-corrected chi connectivity index (χ3v) is 2.45. The van der Waals surface area contributed by atoms with E-state index >= 15 is 0 Å². The smallest absolute Gasteiger partial charge is 0.141 e. The van der Waals surface area contributed by atoms with Crippen LogP contribution in [0.15, 0.2) is 12.3 Å². The number of hydrogen-bond donors (Lipinski definition) is 4. The fraction of sp³-hybridized carbons (Fsp3) is 0.400. The predicted octanol–water partition coefficient (Wildman–Crippen LogP) is 0.250. The summed E-state index contributed by atoms with van der Waals surface area (Å²) in [5, 5.41) is 28.1. The number of nitrogen functional groups attached to an aromatic ring is 1. The lowest BCUT2D eigenvalue weighted by Crippen LogP contribution is -2.19. The van der Waals surface area contributed by atoms with Gasteiger partial charge in [-0.25, -0.2) is 4.98 Å². The summed E-state index contributed by atoms with van der Waals surface area (Å²) < 4.78 is 0. The maximum absolute atomic E-state index is 9.76. The zero-order valence-electron chi connectivity index (χ0n) is 8.54. The van der Waals surface area contributed by atoms with Gasteiger partial charge in [0.05, 0.1) is 11.7 Å². The topological polar surface area (TPSA) is 103 Å². The molecule has 2 unspecified atom stereocenters. The molecule has 0 aliphatic rings. The number of nitrogens with zero attached hydrogens (tertiary/aromatic N) is 2. The van der Waals surface area contributed by atoms with E-state index in [0.717, 1.165) is 0 Å². The number of rotatable bonds is 4. The molecule has 0 aromatic carbocycles. The average Bonchev–Trinajstić information content (AvgIpc) is 2.29. The van der Waals surface area contributed by atoms with Crippen molar-refractivity contribution in [2.24, 2.45) is 0 Å². The second-order valence-corrected chi connectivity index (χ2v) is 3.78. The van der Waals surface area contributed by atoms with Crippen LogP contribution in [0.1, 0.15) is 23.7 Å². The molecule has 2 atom stereocenters. The van der Waals surface area contributed by atoms with Crippen LogP contribution in [0.5, 0.6) is 0 Å². The van der Waals surface area contributed by atoms with E-state index in [-0.39, 0.29) is 11.4 Å². The Bertz CT molecular complexity index is 406. The molecule has 6 heteroatoms. The normalized spacial score (nSPS) is 14.1. The van der Waals surface area contributed by atoms with Gasteiger partial charge >= 0.3 is 0 Å². The van der Waals surface area contributed by atoms with Crippen LogP contribution >= 0.6 is 12.6 Å². The van der Waals surface area contributed by atoms with E-state index in [0.29, 0.717) is 17.7 Å². The molecule has 0 aliphatic carbocycles. The summed E-state index contributed by atoms with van der Waals surface area (Å²) in [5.74, 6) is 0.577. The number of aromatic nitrogens is 1. The molecule has 16 heavy (non-hydrogen) atoms. The van der Waals surface area contributed by atoms with Crippen molar-refractivity contribution in [3.05, 3.63) is 23.4 Å². The highest BCUT2D eigenvalue weighted by Gasteiger charge is 2.18. The van der Waals surface area contributed by atoms with Gasteiger partial charge in [-0.05, 0) is 18.2 Å². The van der Waals surface area contributed by atoms with Gasteiger partial charge < -0.3 is 15.9 Å². The molecule has 0 saturated heterocycles. The third-order valence-electron chi connectivity index (χ3n) is 2.19. The van der Waals surface area contributed by atoms with Crippen LogP contribution in [0, 0.1) is 11.3 Å². The van der Waals surface area contributed by atoms with E-state index in [2.05, 4.69) is 17.6 Å². The molecule has 0 bridgehead atoms. The lowest BCUT2D eigenvalue weighted by Gasteiger charge is -2.17. The van der Waals surface area contributed by atoms with Gasteiger partial charge in [-0.15, -0.1) is 0 Å². The van der Waals surface area contributed by atoms with E-state index in [1.807, 2.05) is 6.07 Å². The maximum atomic E-state index is 9.76. The summed E-state index contributed by atoms with van der Waals surface area (Å²) in [6, 6.07) is 3.29. The Kier molecular flexibility index (Phi) is 4.55. The Labute approximate surface area is 99.0 Å². The molecule has 4 N–H and O–H groups in total. The standard InChI is InChI=1S/C10H13N3O2S/c11-4-6-3-7(5-13-10(6)12)9(15)8(14)1-2-16/h3,5,8-9,14-16H,1-2H2,(H2,12,13). The highest BCUT2D eigenvalue weighted by molar-refractivity contribution is 7.80. The first kappa shape index (κ1) is 12.8. The van der Waals surface area contributed by atoms with Crippen molar-refractivity contribution in [1.82, 2.24) is 4.98 Å². The van der Waals surface area contributed by atoms with Gasteiger partial charge in [0.15, 0.2) is 0 Å². The predicted molar refractivity (Wildman–Crippen MR) is 62.8 cm³/mol. The highest BCUT2D eigenvalue weighted by atomic mass is 32.1. The molecule has 0 aliphatic heterocycles. The van der Waals surface area contributed by atoms with Crippen LogP contribution in [0.4, 0.5) is 5.82 Å². The minimum atomic E-state index is -1.08. The van der Waals surface area contributed by atoms with E-state index in [1.54, 1.807) is 0 Å². The van der Waals surface area contributed by atoms with Gasteiger partial charge in [0.1, 0.15) is 18.0 Å². The molecule has 1 heterocycles. The Morgan fingerprint density at radius 1 is 1.56 bits per heavy atom. The summed E-state index contributed by atoms with van der Waals surface area (Å²) in [5.41, 5.74) is 6.01. The number of aliphatic hydroxyl groups excluding tert-OH is 2. The Morgan fingerprint density at radius 3 is 2.81 bits per heavy atom. The van der Waals surface area contributed by atoms with Crippen molar-refractivity contribution in [1.29, 1.82) is 5.26 Å². The van der Waals surface area contributed by atoms with Crippen LogP contribution < -0.4 is 5.73 Å². The molecule has 1 aromatic heterocycles. The zero-order valence-corrected chi connectivity index (χ0v) is 9.43. The van der Waals surface area contributed by atoms with Gasteiger partial charge in [-0.1, -0.05) is 0 Å². The lowest BCUT2D eigenvalue weighted by atomic mass is 10.0. The number of aliphatic hydroxyl groups is 2. The minimum Gasteiger partial charge on any atom is -0.390 e. The molecule has 5 nitrogen and oxygen atoms in total. The number of thiol groups is 1. The summed E-state index contributed by atoms with van der Waals surface area (Å²) in [6.07, 6.45) is -0.291. The van der Waals surface area contributed by atoms with Crippen molar-refractivity contribution in [3.8, 4) is 6.07 Å². The number of anilines is 1. The largest absolute Gasteiger partial charge is 0.390 e. The van der Waals surface area contributed by atoms with Crippen molar-refractivity contribution < 1.29 is 10.2 Å². The third kappa shape index (κ3) is 2.85. The molecular formula is C10H13N3O2S. The summed E-state index contributed by atoms with van der Waals surface area (Å²) in [4.78, 5) is 3.78. The van der Waals surface area contributed by atoms with Crippen molar-refractivity contribution >= 4 is 18.4 Å². The number of hydrogen-bond acceptors (Lipinski definition) is 6. The maximum Gasteiger partial charge on any atom is 0.141 e. The molecule has 1 aromatic rings. The molecule has 1 rings (SSSR count). The van der Waals surface area contributed by atoms with Crippen molar-refractivity contribution in [2.75, 3.05) is 11.5 Å². The van der Waals surface area contributed by atoms with E-state index in [1.165, 1.54) is 12.3 Å². The lowest BCUT2D eigenvalue weighted by molar-refractivity contribution is 0.0170. The van der Waals surface area contributed by atoms with Crippen LogP contribution in [-0.4, -0.2) is 27.1 Å². The van der Waals surface area contributed by atoms with Gasteiger partial charge in [0.25, 0.3) is 0 Å². The van der Waals surface area contributed by atoms with Crippen LogP contribution in [0.2, 0.25) is 0 Å². The van der Waals surface area contributed by atoms with Crippen LogP contribution in [-0.2, 0) is 0 Å². The highest BCUT2D eigenvalue weighted by Crippen LogP contribution is 2.21. The second-order valence-electron chi connectivity index (χ2n) is 3.34. The number of pyridine rings is 1. The monoisotopic (exact) mass is 239 g/mol. The fourth-order valence-electron chi connectivity index (χ4n) is 1.26. The van der Waals surface area contributed by atoms with E-state index < -0.39 is 12.2 Å². The van der Waals surface area contributed by atoms with Crippen LogP contribution in [0.3, 0.4) is 0 Å². The van der Waals surface area contributed by atoms with Crippen LogP contribution in [0.25, 0.3) is 0 Å². The summed E-state index contributed by atoms with van der Waals surface area (Å²) in [6.45, 7) is 0. The van der Waals surface area contributed by atoms with Gasteiger partial charge in [0.2, 0.25) is 0 Å². The molecule has 0 amide bonds. The quantitative estimate of drug-likeness (QED) is 0.564. The summed E-state index contributed by atoms with van der Waals surface area (Å²) in [7, 11) is 0. The molecule has 0 fully saturated rings. The van der Waals surface area contributed by atoms with Gasteiger partial charge in [-0.3, -0.25) is 0 Å². The van der Waals surface area contributed by atoms with Gasteiger partial charge in [-0.2, -0.15) is 17.9 Å². The Morgan fingerprint density at radius 2 is 2.25 bits per heavy atom. The molecule has 0 radical (unpaired) electrons. The zero-order chi connectivity index (χ0) is 12.1. The first-order valence-electron chi connectivity index (χ1n) is 4.72. The Balaban J connectivity index is 2.92. The van der Waals surface area contributed by atoms with Crippen molar-refractivity contribution in [2.45, 2.75) is 18.6 Å². The first-order chi connectivity index (χ1) is 7.60. The second kappa shape index (κ2) is 5.70. The van der Waals surface area contributed by atoms with E-state index in [4.69, 9.17) is 11.0 Å². The molecule has 86 valence electrons.